The first-order valence-electron chi connectivity index (χ1n) is 15.6. The fourth-order valence-corrected chi connectivity index (χ4v) is 6.17. The highest BCUT2D eigenvalue weighted by atomic mass is 16.3. The van der Waals surface area contributed by atoms with Gasteiger partial charge in [0.2, 0.25) is 0 Å². The van der Waals surface area contributed by atoms with Crippen molar-refractivity contribution in [1.29, 1.82) is 0 Å². The summed E-state index contributed by atoms with van der Waals surface area (Å²) < 4.78 is 6.27. The number of nitrogens with zero attached hydrogens (tertiary/aromatic N) is 1. The Morgan fingerprint density at radius 3 is 1.26 bits per heavy atom. The molecule has 0 fully saturated rings. The summed E-state index contributed by atoms with van der Waals surface area (Å²) in [5, 5.41) is 1.11. The standard InChI is InChI=1S/C44H31NO/c1-3-11-32(12-4-1)34-19-25-38(26-20-34)45(39-27-21-35(22-28-39)33-13-5-2-6-14-33)40-29-23-36(24-30-40)41-16-8-9-17-42(41)44-31-37-15-7-10-18-43(37)46-44/h1-31H. The van der Waals surface area contributed by atoms with Gasteiger partial charge in [0, 0.05) is 28.0 Å². The van der Waals surface area contributed by atoms with Crippen LogP contribution in [0.4, 0.5) is 17.1 Å². The van der Waals surface area contributed by atoms with E-state index in [4.69, 9.17) is 4.42 Å². The van der Waals surface area contributed by atoms with E-state index < -0.39 is 0 Å². The average Bonchev–Trinajstić information content (AvgIpc) is 3.58. The molecule has 0 aliphatic carbocycles. The molecule has 0 bridgehead atoms. The van der Waals surface area contributed by atoms with Gasteiger partial charge in [-0.1, -0.05) is 140 Å². The maximum absolute atomic E-state index is 6.27. The summed E-state index contributed by atoms with van der Waals surface area (Å²) in [5.74, 6) is 0.875. The summed E-state index contributed by atoms with van der Waals surface area (Å²) >= 11 is 0. The number of fused-ring (bicyclic) bond motifs is 1. The first-order valence-corrected chi connectivity index (χ1v) is 15.6. The molecule has 2 heteroatoms. The van der Waals surface area contributed by atoms with Gasteiger partial charge in [0.25, 0.3) is 0 Å². The van der Waals surface area contributed by atoms with Gasteiger partial charge in [0.1, 0.15) is 11.3 Å². The maximum Gasteiger partial charge on any atom is 0.136 e. The molecular weight excluding hydrogens is 558 g/mol. The molecule has 0 saturated carbocycles. The summed E-state index contributed by atoms with van der Waals surface area (Å²) in [6.07, 6.45) is 0. The summed E-state index contributed by atoms with van der Waals surface area (Å²) in [6, 6.07) is 66.2. The third-order valence-corrected chi connectivity index (χ3v) is 8.52. The molecular formula is C44H31NO. The van der Waals surface area contributed by atoms with Crippen LogP contribution in [0.3, 0.4) is 0 Å². The summed E-state index contributed by atoms with van der Waals surface area (Å²) in [4.78, 5) is 2.32. The number of benzene rings is 7. The van der Waals surface area contributed by atoms with E-state index in [9.17, 15) is 0 Å². The van der Waals surface area contributed by atoms with Crippen LogP contribution in [-0.4, -0.2) is 0 Å². The Bertz CT molecular complexity index is 2100. The van der Waals surface area contributed by atoms with Crippen LogP contribution in [-0.2, 0) is 0 Å². The molecule has 8 rings (SSSR count). The van der Waals surface area contributed by atoms with Crippen LogP contribution in [0.1, 0.15) is 0 Å². The highest BCUT2D eigenvalue weighted by molar-refractivity contribution is 5.89. The molecule has 0 spiro atoms. The Hall–Kier alpha value is -6.12. The third-order valence-electron chi connectivity index (χ3n) is 8.52. The Balaban J connectivity index is 1.17. The molecule has 8 aromatic rings. The van der Waals surface area contributed by atoms with E-state index in [1.807, 2.05) is 18.2 Å². The zero-order valence-electron chi connectivity index (χ0n) is 25.3. The first-order chi connectivity index (χ1) is 22.8. The van der Waals surface area contributed by atoms with Gasteiger partial charge in [-0.3, -0.25) is 0 Å². The van der Waals surface area contributed by atoms with E-state index in [0.29, 0.717) is 0 Å². The van der Waals surface area contributed by atoms with Gasteiger partial charge in [-0.2, -0.15) is 0 Å². The largest absolute Gasteiger partial charge is 0.456 e. The minimum Gasteiger partial charge on any atom is -0.456 e. The monoisotopic (exact) mass is 589 g/mol. The van der Waals surface area contributed by atoms with Crippen LogP contribution < -0.4 is 4.90 Å². The molecule has 7 aromatic carbocycles. The van der Waals surface area contributed by atoms with Crippen molar-refractivity contribution in [3.63, 3.8) is 0 Å². The van der Waals surface area contributed by atoms with Crippen LogP contribution in [0, 0.1) is 0 Å². The molecule has 1 heterocycles. The Kier molecular flexibility index (Phi) is 7.22. The quantitative estimate of drug-likeness (QED) is 0.184. The van der Waals surface area contributed by atoms with Crippen molar-refractivity contribution in [3.05, 3.63) is 188 Å². The maximum atomic E-state index is 6.27. The second kappa shape index (κ2) is 12.1. The van der Waals surface area contributed by atoms with Crippen LogP contribution in [0.15, 0.2) is 192 Å². The Morgan fingerprint density at radius 1 is 0.326 bits per heavy atom. The van der Waals surface area contributed by atoms with Crippen LogP contribution >= 0.6 is 0 Å². The number of rotatable bonds is 7. The second-order valence-electron chi connectivity index (χ2n) is 11.4. The fourth-order valence-electron chi connectivity index (χ4n) is 6.17. The first kappa shape index (κ1) is 27.4. The van der Waals surface area contributed by atoms with E-state index >= 15 is 0 Å². The molecule has 218 valence electrons. The summed E-state index contributed by atoms with van der Waals surface area (Å²) in [5.41, 5.74) is 12.3. The smallest absolute Gasteiger partial charge is 0.136 e. The number of hydrogen-bond donors (Lipinski definition) is 0. The predicted molar refractivity (Wildman–Crippen MR) is 193 cm³/mol. The SMILES string of the molecule is c1ccc(-c2ccc(N(c3ccc(-c4ccccc4)cc3)c3ccc(-c4ccccc4-c4cc5ccccc5o4)cc3)cc2)cc1. The summed E-state index contributed by atoms with van der Waals surface area (Å²) in [6.45, 7) is 0. The van der Waals surface area contributed by atoms with Gasteiger partial charge in [0.15, 0.2) is 0 Å². The van der Waals surface area contributed by atoms with E-state index in [-0.39, 0.29) is 0 Å². The normalized spacial score (nSPS) is 11.0. The second-order valence-corrected chi connectivity index (χ2v) is 11.4. The molecule has 0 N–H and O–H groups in total. The van der Waals surface area contributed by atoms with Crippen molar-refractivity contribution in [2.75, 3.05) is 4.90 Å². The van der Waals surface area contributed by atoms with Crippen LogP contribution in [0.2, 0.25) is 0 Å². The lowest BCUT2D eigenvalue weighted by atomic mass is 9.97. The zero-order chi connectivity index (χ0) is 30.7. The van der Waals surface area contributed by atoms with Crippen molar-refractivity contribution in [2.45, 2.75) is 0 Å². The Morgan fingerprint density at radius 2 is 0.739 bits per heavy atom. The molecule has 0 atom stereocenters. The lowest BCUT2D eigenvalue weighted by Gasteiger charge is -2.26. The number of anilines is 3. The van der Waals surface area contributed by atoms with Crippen LogP contribution in [0.5, 0.6) is 0 Å². The molecule has 0 amide bonds. The van der Waals surface area contributed by atoms with Crippen molar-refractivity contribution in [2.24, 2.45) is 0 Å². The predicted octanol–water partition coefficient (Wildman–Crippen LogP) is 12.6. The summed E-state index contributed by atoms with van der Waals surface area (Å²) in [7, 11) is 0. The number of furan rings is 1. The molecule has 46 heavy (non-hydrogen) atoms. The molecule has 0 saturated heterocycles. The van der Waals surface area contributed by atoms with E-state index in [0.717, 1.165) is 50.5 Å². The molecule has 0 aliphatic rings. The van der Waals surface area contributed by atoms with Gasteiger partial charge in [-0.15, -0.1) is 0 Å². The zero-order valence-corrected chi connectivity index (χ0v) is 25.3. The number of para-hydroxylation sites is 1. The van der Waals surface area contributed by atoms with Gasteiger partial charge in [-0.05, 0) is 81.9 Å². The molecule has 1 aromatic heterocycles. The molecule has 0 unspecified atom stereocenters. The fraction of sp³-hybridized carbons (Fsp3) is 0. The van der Waals surface area contributed by atoms with E-state index in [1.54, 1.807) is 0 Å². The minimum absolute atomic E-state index is 0.875. The van der Waals surface area contributed by atoms with Crippen molar-refractivity contribution < 1.29 is 4.42 Å². The highest BCUT2D eigenvalue weighted by Crippen LogP contribution is 2.40. The van der Waals surface area contributed by atoms with Gasteiger partial charge >= 0.3 is 0 Å². The Labute approximate surface area is 269 Å². The molecule has 0 aliphatic heterocycles. The van der Waals surface area contributed by atoms with Crippen molar-refractivity contribution in [1.82, 2.24) is 0 Å². The van der Waals surface area contributed by atoms with Crippen LogP contribution in [0.25, 0.3) is 55.7 Å². The minimum atomic E-state index is 0.875. The molecule has 0 radical (unpaired) electrons. The average molecular weight is 590 g/mol. The van der Waals surface area contributed by atoms with Crippen molar-refractivity contribution >= 4 is 28.0 Å². The van der Waals surface area contributed by atoms with Gasteiger partial charge in [0.05, 0.1) is 0 Å². The van der Waals surface area contributed by atoms with E-state index in [2.05, 4.69) is 175 Å². The third kappa shape index (κ3) is 5.38. The van der Waals surface area contributed by atoms with Gasteiger partial charge in [-0.25, -0.2) is 0 Å². The highest BCUT2D eigenvalue weighted by Gasteiger charge is 2.16. The van der Waals surface area contributed by atoms with Gasteiger partial charge < -0.3 is 9.32 Å². The number of hydrogen-bond acceptors (Lipinski definition) is 2. The lowest BCUT2D eigenvalue weighted by molar-refractivity contribution is 0.632. The van der Waals surface area contributed by atoms with Crippen molar-refractivity contribution in [3.8, 4) is 44.7 Å². The molecule has 2 nitrogen and oxygen atoms in total. The van der Waals surface area contributed by atoms with E-state index in [1.165, 1.54) is 22.3 Å². The lowest BCUT2D eigenvalue weighted by Crippen LogP contribution is -2.09. The topological polar surface area (TPSA) is 16.4 Å².